The molecular weight excluding hydrogens is 362 g/mol. The summed E-state index contributed by atoms with van der Waals surface area (Å²) in [6, 6.07) is 12.1. The maximum absolute atomic E-state index is 13.2. The second-order valence-corrected chi connectivity index (χ2v) is 6.74. The number of aliphatic carboxylic acids is 1. The molecule has 0 spiro atoms. The summed E-state index contributed by atoms with van der Waals surface area (Å²) in [5, 5.41) is 8.66. The molecular formula is C21H25NO6. The molecule has 7 nitrogen and oxygen atoms in total. The third kappa shape index (κ3) is 4.54. The third-order valence-electron chi connectivity index (χ3n) is 4.53. The molecule has 0 aromatic heterocycles. The van der Waals surface area contributed by atoms with Crippen LogP contribution in [0.5, 0.6) is 17.2 Å². The van der Waals surface area contributed by atoms with Gasteiger partial charge in [0.15, 0.2) is 18.1 Å². The van der Waals surface area contributed by atoms with Crippen LogP contribution in [0.4, 0.5) is 5.69 Å². The predicted molar refractivity (Wildman–Crippen MR) is 106 cm³/mol. The van der Waals surface area contributed by atoms with Crippen molar-refractivity contribution >= 4 is 17.6 Å². The molecule has 1 N–H and O–H groups in total. The monoisotopic (exact) mass is 387 g/mol. The first-order chi connectivity index (χ1) is 13.2. The van der Waals surface area contributed by atoms with Crippen LogP contribution in [0.3, 0.4) is 0 Å². The summed E-state index contributed by atoms with van der Waals surface area (Å²) < 4.78 is 15.7. The van der Waals surface area contributed by atoms with Crippen molar-refractivity contribution in [1.29, 1.82) is 0 Å². The number of anilines is 1. The van der Waals surface area contributed by atoms with E-state index in [9.17, 15) is 9.59 Å². The Morgan fingerprint density at radius 2 is 1.61 bits per heavy atom. The molecule has 0 saturated carbocycles. The van der Waals surface area contributed by atoms with E-state index in [4.69, 9.17) is 19.3 Å². The van der Waals surface area contributed by atoms with Crippen molar-refractivity contribution in [2.45, 2.75) is 19.3 Å². The molecule has 1 amide bonds. The van der Waals surface area contributed by atoms with Crippen molar-refractivity contribution < 1.29 is 28.9 Å². The maximum atomic E-state index is 13.2. The topological polar surface area (TPSA) is 85.3 Å². The van der Waals surface area contributed by atoms with Crippen LogP contribution in [0, 0.1) is 0 Å². The lowest BCUT2D eigenvalue weighted by atomic mass is 9.83. The van der Waals surface area contributed by atoms with Crippen LogP contribution in [0.15, 0.2) is 42.5 Å². The number of hydrogen-bond acceptors (Lipinski definition) is 5. The number of ether oxygens (including phenoxy) is 3. The van der Waals surface area contributed by atoms with Gasteiger partial charge in [-0.05, 0) is 55.8 Å². The summed E-state index contributed by atoms with van der Waals surface area (Å²) in [5.74, 6) is 0.418. The van der Waals surface area contributed by atoms with E-state index < -0.39 is 18.0 Å². The third-order valence-corrected chi connectivity index (χ3v) is 4.53. The summed E-state index contributed by atoms with van der Waals surface area (Å²) in [5.41, 5.74) is 0.650. The van der Waals surface area contributed by atoms with Gasteiger partial charge in [0.25, 0.3) is 0 Å². The van der Waals surface area contributed by atoms with E-state index in [1.807, 2.05) is 19.9 Å². The number of amides is 1. The highest BCUT2D eigenvalue weighted by Crippen LogP contribution is 2.35. The molecule has 2 aromatic rings. The molecule has 0 radical (unpaired) electrons. The van der Waals surface area contributed by atoms with E-state index in [-0.39, 0.29) is 5.91 Å². The van der Waals surface area contributed by atoms with Crippen molar-refractivity contribution in [1.82, 2.24) is 0 Å². The molecule has 2 rings (SSSR count). The van der Waals surface area contributed by atoms with Crippen LogP contribution in [0.1, 0.15) is 19.4 Å². The van der Waals surface area contributed by atoms with Gasteiger partial charge in [0.2, 0.25) is 5.91 Å². The summed E-state index contributed by atoms with van der Waals surface area (Å²) in [4.78, 5) is 25.3. The minimum Gasteiger partial charge on any atom is -0.493 e. The predicted octanol–water partition coefficient (Wildman–Crippen LogP) is 3.11. The van der Waals surface area contributed by atoms with Crippen molar-refractivity contribution in [3.8, 4) is 17.2 Å². The molecule has 0 aliphatic rings. The highest BCUT2D eigenvalue weighted by molar-refractivity contribution is 6.00. The van der Waals surface area contributed by atoms with Crippen LogP contribution in [0.25, 0.3) is 0 Å². The molecule has 0 saturated heterocycles. The normalized spacial score (nSPS) is 10.9. The number of carbonyl (C=O) groups excluding carboxylic acids is 1. The van der Waals surface area contributed by atoms with Gasteiger partial charge in [-0.2, -0.15) is 0 Å². The van der Waals surface area contributed by atoms with Crippen LogP contribution < -0.4 is 19.1 Å². The van der Waals surface area contributed by atoms with Crippen LogP contribution >= 0.6 is 0 Å². The van der Waals surface area contributed by atoms with Gasteiger partial charge in [0.1, 0.15) is 5.75 Å². The Balaban J connectivity index is 2.22. The fourth-order valence-electron chi connectivity index (χ4n) is 2.80. The van der Waals surface area contributed by atoms with Gasteiger partial charge < -0.3 is 24.2 Å². The Bertz CT molecular complexity index is 844. The van der Waals surface area contributed by atoms with Gasteiger partial charge in [-0.15, -0.1) is 0 Å². The number of nitrogens with zero attached hydrogens (tertiary/aromatic N) is 1. The van der Waals surface area contributed by atoms with Gasteiger partial charge in [-0.25, -0.2) is 4.79 Å². The number of carboxylic acid groups (broad SMARTS) is 1. The SMILES string of the molecule is COc1ccc(C(C)(C)C(=O)N(C)c2ccc(OCC(=O)O)cc2)cc1OC. The van der Waals surface area contributed by atoms with Crippen molar-refractivity contribution in [2.24, 2.45) is 0 Å². The van der Waals surface area contributed by atoms with Crippen LogP contribution in [0.2, 0.25) is 0 Å². The Hall–Kier alpha value is -3.22. The van der Waals surface area contributed by atoms with Gasteiger partial charge in [0, 0.05) is 12.7 Å². The van der Waals surface area contributed by atoms with Crippen molar-refractivity contribution in [3.05, 3.63) is 48.0 Å². The van der Waals surface area contributed by atoms with E-state index in [1.165, 1.54) is 0 Å². The van der Waals surface area contributed by atoms with Crippen LogP contribution in [-0.4, -0.2) is 44.9 Å². The van der Waals surface area contributed by atoms with E-state index in [1.54, 1.807) is 62.6 Å². The zero-order valence-corrected chi connectivity index (χ0v) is 16.7. The number of rotatable bonds is 8. The fraction of sp³-hybridized carbons (Fsp3) is 0.333. The average molecular weight is 387 g/mol. The maximum Gasteiger partial charge on any atom is 0.341 e. The van der Waals surface area contributed by atoms with Crippen molar-refractivity contribution in [2.75, 3.05) is 32.8 Å². The molecule has 0 bridgehead atoms. The highest BCUT2D eigenvalue weighted by atomic mass is 16.5. The molecule has 0 atom stereocenters. The molecule has 2 aromatic carbocycles. The number of methoxy groups -OCH3 is 2. The summed E-state index contributed by atoms with van der Waals surface area (Å²) in [6.07, 6.45) is 0. The zero-order chi connectivity index (χ0) is 20.9. The Morgan fingerprint density at radius 1 is 1.00 bits per heavy atom. The molecule has 0 fully saturated rings. The molecule has 150 valence electrons. The second-order valence-electron chi connectivity index (χ2n) is 6.74. The van der Waals surface area contributed by atoms with Gasteiger partial charge >= 0.3 is 5.97 Å². The highest BCUT2D eigenvalue weighted by Gasteiger charge is 2.33. The lowest BCUT2D eigenvalue weighted by Crippen LogP contribution is -2.41. The molecule has 7 heteroatoms. The number of likely N-dealkylation sites (N-methyl/N-ethyl adjacent to an activating group) is 1. The second kappa shape index (κ2) is 8.65. The zero-order valence-electron chi connectivity index (χ0n) is 16.7. The first-order valence-electron chi connectivity index (χ1n) is 8.66. The van der Waals surface area contributed by atoms with Gasteiger partial charge in [-0.3, -0.25) is 4.79 Å². The Kier molecular flexibility index (Phi) is 6.51. The number of benzene rings is 2. The van der Waals surface area contributed by atoms with E-state index >= 15 is 0 Å². The number of carboxylic acids is 1. The van der Waals surface area contributed by atoms with Gasteiger partial charge in [0.05, 0.1) is 19.6 Å². The quantitative estimate of drug-likeness (QED) is 0.749. The standard InChI is InChI=1S/C21H25NO6/c1-21(2,14-6-11-17(26-4)18(12-14)27-5)20(25)22(3)15-7-9-16(10-8-15)28-13-19(23)24/h6-12H,13H2,1-5H3,(H,23,24). The molecule has 0 aliphatic carbocycles. The minimum absolute atomic E-state index is 0.112. The largest absolute Gasteiger partial charge is 0.493 e. The lowest BCUT2D eigenvalue weighted by Gasteiger charge is -2.30. The fourth-order valence-corrected chi connectivity index (χ4v) is 2.80. The minimum atomic E-state index is -1.05. The summed E-state index contributed by atoms with van der Waals surface area (Å²) in [7, 11) is 4.81. The van der Waals surface area contributed by atoms with Gasteiger partial charge in [-0.1, -0.05) is 6.07 Å². The molecule has 0 heterocycles. The first kappa shape index (κ1) is 21.1. The molecule has 28 heavy (non-hydrogen) atoms. The lowest BCUT2D eigenvalue weighted by molar-refractivity contribution is -0.139. The Morgan fingerprint density at radius 3 is 2.14 bits per heavy atom. The smallest absolute Gasteiger partial charge is 0.341 e. The first-order valence-corrected chi connectivity index (χ1v) is 8.66. The number of carbonyl (C=O) groups is 2. The van der Waals surface area contributed by atoms with Crippen molar-refractivity contribution in [3.63, 3.8) is 0 Å². The Labute approximate surface area is 164 Å². The molecule has 0 unspecified atom stereocenters. The average Bonchev–Trinajstić information content (AvgIpc) is 2.70. The summed E-state index contributed by atoms with van der Waals surface area (Å²) >= 11 is 0. The van der Waals surface area contributed by atoms with Crippen LogP contribution in [-0.2, 0) is 15.0 Å². The van der Waals surface area contributed by atoms with E-state index in [0.29, 0.717) is 22.9 Å². The van der Waals surface area contributed by atoms with E-state index in [0.717, 1.165) is 5.56 Å². The number of hydrogen-bond donors (Lipinski definition) is 1. The van der Waals surface area contributed by atoms with E-state index in [2.05, 4.69) is 0 Å². The molecule has 0 aliphatic heterocycles. The summed E-state index contributed by atoms with van der Waals surface area (Å²) in [6.45, 7) is 3.27.